The van der Waals surface area contributed by atoms with E-state index in [1.165, 1.54) is 29.6 Å². The zero-order chi connectivity index (χ0) is 13.1. The maximum absolute atomic E-state index is 11.4. The fourth-order valence-corrected chi connectivity index (χ4v) is 1.74. The van der Waals surface area contributed by atoms with Gasteiger partial charge in [0.2, 0.25) is 4.73 Å². The Bertz CT molecular complexity index is 624. The van der Waals surface area contributed by atoms with Gasteiger partial charge in [-0.2, -0.15) is 0 Å². The summed E-state index contributed by atoms with van der Waals surface area (Å²) in [6, 6.07) is 1.59. The van der Waals surface area contributed by atoms with Crippen LogP contribution in [-0.4, -0.2) is 25.7 Å². The number of carbonyl (C=O) groups excluding carboxylic acids is 1. The van der Waals surface area contributed by atoms with Crippen molar-refractivity contribution in [3.63, 3.8) is 0 Å². The van der Waals surface area contributed by atoms with Crippen molar-refractivity contribution in [2.75, 3.05) is 0 Å². The highest BCUT2D eigenvalue weighted by atomic mass is 79.9. The molecular weight excluding hydrogens is 322 g/mol. The molecule has 0 bridgehead atoms. The monoisotopic (exact) mass is 327 g/mol. The molecule has 0 aliphatic carbocycles. The number of halogens is 2. The average molecular weight is 329 g/mol. The Kier molecular flexibility index (Phi) is 3.73. The van der Waals surface area contributed by atoms with Crippen molar-refractivity contribution in [1.29, 1.82) is 0 Å². The third-order valence-corrected chi connectivity index (χ3v) is 2.59. The van der Waals surface area contributed by atoms with E-state index >= 15 is 0 Å². The van der Waals surface area contributed by atoms with Crippen LogP contribution >= 0.6 is 27.5 Å². The van der Waals surface area contributed by atoms with E-state index in [9.17, 15) is 4.79 Å². The number of nitrogens with two attached hydrogens (primary N) is 1. The van der Waals surface area contributed by atoms with Gasteiger partial charge < -0.3 is 5.73 Å². The van der Waals surface area contributed by atoms with Gasteiger partial charge in [0.05, 0.1) is 10.6 Å². The van der Waals surface area contributed by atoms with E-state index in [2.05, 4.69) is 31.0 Å². The second-order valence-corrected chi connectivity index (χ2v) is 4.44. The Balaban J connectivity index is 2.46. The zero-order valence-corrected chi connectivity index (χ0v) is 11.3. The highest BCUT2D eigenvalue weighted by molar-refractivity contribution is 9.10. The second-order valence-electron chi connectivity index (χ2n) is 3.29. The fraction of sp³-hybridized carbons (Fsp3) is 0. The summed E-state index contributed by atoms with van der Waals surface area (Å²) in [5.74, 6) is -0.606. The smallest absolute Gasteiger partial charge is 0.250 e. The van der Waals surface area contributed by atoms with Crippen LogP contribution in [0.5, 0.6) is 0 Å². The van der Waals surface area contributed by atoms with Crippen molar-refractivity contribution in [1.82, 2.24) is 19.7 Å². The number of aromatic nitrogens is 4. The van der Waals surface area contributed by atoms with E-state index in [1.54, 1.807) is 6.07 Å². The lowest BCUT2D eigenvalue weighted by Crippen LogP contribution is -2.14. The Hall–Kier alpha value is -1.73. The molecule has 2 N–H and O–H groups in total. The molecule has 0 aromatic carbocycles. The molecule has 92 valence electrons. The third-order valence-electron chi connectivity index (χ3n) is 2.02. The first-order valence-electron chi connectivity index (χ1n) is 4.75. The van der Waals surface area contributed by atoms with E-state index in [4.69, 9.17) is 17.3 Å². The molecule has 2 aromatic rings. The van der Waals surface area contributed by atoms with Crippen LogP contribution in [0, 0.1) is 0 Å². The molecule has 18 heavy (non-hydrogen) atoms. The van der Waals surface area contributed by atoms with Crippen molar-refractivity contribution < 1.29 is 4.79 Å². The van der Waals surface area contributed by atoms with Crippen LogP contribution in [0.15, 0.2) is 29.5 Å². The molecule has 0 aliphatic heterocycles. The number of amides is 1. The van der Waals surface area contributed by atoms with Crippen LogP contribution in [0.2, 0.25) is 5.02 Å². The Labute approximate surface area is 116 Å². The molecular formula is C10H7BrClN5O. The number of hydrogen-bond donors (Lipinski definition) is 1. The van der Waals surface area contributed by atoms with Gasteiger partial charge in [-0.1, -0.05) is 11.6 Å². The highest BCUT2D eigenvalue weighted by Crippen LogP contribution is 2.18. The Morgan fingerprint density at radius 1 is 1.50 bits per heavy atom. The molecule has 0 aliphatic rings. The number of rotatable bonds is 3. The molecule has 0 unspecified atom stereocenters. The number of nitrogens with zero attached hydrogens (tertiary/aromatic N) is 4. The summed E-state index contributed by atoms with van der Waals surface area (Å²) in [5, 5.41) is 4.38. The van der Waals surface area contributed by atoms with E-state index in [-0.39, 0.29) is 5.57 Å². The Morgan fingerprint density at radius 2 is 2.28 bits per heavy atom. The van der Waals surface area contributed by atoms with Gasteiger partial charge in [0.15, 0.2) is 0 Å². The van der Waals surface area contributed by atoms with Gasteiger partial charge in [-0.15, -0.1) is 5.10 Å². The average Bonchev–Trinajstić information content (AvgIpc) is 2.71. The number of carbonyl (C=O) groups is 1. The maximum atomic E-state index is 11.4. The fourth-order valence-electron chi connectivity index (χ4n) is 1.29. The predicted molar refractivity (Wildman–Crippen MR) is 70.3 cm³/mol. The summed E-state index contributed by atoms with van der Waals surface area (Å²) >= 11 is 8.92. The van der Waals surface area contributed by atoms with Gasteiger partial charge in [0.25, 0.3) is 5.91 Å². The summed E-state index contributed by atoms with van der Waals surface area (Å²) in [4.78, 5) is 19.2. The summed E-state index contributed by atoms with van der Waals surface area (Å²) in [5.41, 5.74) is 6.08. The van der Waals surface area contributed by atoms with Gasteiger partial charge in [-0.25, -0.2) is 9.67 Å². The quantitative estimate of drug-likeness (QED) is 0.867. The SMILES string of the molecule is NC(=O)/C(=C/n1cnc(Br)n1)c1cncc(Cl)c1. The molecule has 2 aromatic heterocycles. The van der Waals surface area contributed by atoms with E-state index < -0.39 is 5.91 Å². The van der Waals surface area contributed by atoms with E-state index in [0.717, 1.165) is 0 Å². The molecule has 0 fully saturated rings. The van der Waals surface area contributed by atoms with Crippen molar-refractivity contribution in [3.8, 4) is 0 Å². The van der Waals surface area contributed by atoms with Gasteiger partial charge in [-0.3, -0.25) is 9.78 Å². The minimum Gasteiger partial charge on any atom is -0.366 e. The van der Waals surface area contributed by atoms with Crippen molar-refractivity contribution in [3.05, 3.63) is 40.1 Å². The maximum Gasteiger partial charge on any atom is 0.250 e. The van der Waals surface area contributed by atoms with Crippen molar-refractivity contribution in [2.24, 2.45) is 5.73 Å². The van der Waals surface area contributed by atoms with Gasteiger partial charge in [-0.05, 0) is 22.0 Å². The number of hydrogen-bond acceptors (Lipinski definition) is 4. The number of pyridine rings is 1. The van der Waals surface area contributed by atoms with Gasteiger partial charge in [0.1, 0.15) is 6.33 Å². The van der Waals surface area contributed by atoms with Crippen molar-refractivity contribution >= 4 is 45.2 Å². The predicted octanol–water partition coefficient (Wildman–Crippen LogP) is 1.57. The Morgan fingerprint density at radius 3 is 2.83 bits per heavy atom. The molecule has 0 saturated heterocycles. The van der Waals surface area contributed by atoms with Crippen LogP contribution in [0.25, 0.3) is 11.8 Å². The van der Waals surface area contributed by atoms with Crippen LogP contribution in [0.1, 0.15) is 5.56 Å². The van der Waals surface area contributed by atoms with Gasteiger partial charge in [0, 0.05) is 24.2 Å². The van der Waals surface area contributed by atoms with Crippen LogP contribution in [0.3, 0.4) is 0 Å². The summed E-state index contributed by atoms with van der Waals surface area (Å²) < 4.78 is 1.78. The first-order chi connectivity index (χ1) is 8.56. The molecule has 0 saturated carbocycles. The van der Waals surface area contributed by atoms with Crippen LogP contribution in [0.4, 0.5) is 0 Å². The standard InChI is InChI=1S/C10H7BrClN5O/c11-10-15-5-17(16-10)4-8(9(13)18)6-1-7(12)3-14-2-6/h1-5H,(H2,13,18)/b8-4+. The first kappa shape index (κ1) is 12.7. The van der Waals surface area contributed by atoms with E-state index in [0.29, 0.717) is 15.3 Å². The number of primary amides is 1. The second kappa shape index (κ2) is 5.28. The van der Waals surface area contributed by atoms with Crippen LogP contribution in [-0.2, 0) is 4.79 Å². The molecule has 2 rings (SSSR count). The van der Waals surface area contributed by atoms with Gasteiger partial charge >= 0.3 is 0 Å². The van der Waals surface area contributed by atoms with Crippen LogP contribution < -0.4 is 5.73 Å². The van der Waals surface area contributed by atoms with Crippen molar-refractivity contribution in [2.45, 2.75) is 0 Å². The minimum absolute atomic E-state index is 0.238. The highest BCUT2D eigenvalue weighted by Gasteiger charge is 2.10. The molecule has 6 nitrogen and oxygen atoms in total. The summed E-state index contributed by atoms with van der Waals surface area (Å²) in [6.07, 6.45) is 5.85. The minimum atomic E-state index is -0.606. The first-order valence-corrected chi connectivity index (χ1v) is 5.92. The molecule has 0 radical (unpaired) electrons. The molecule has 1 amide bonds. The van der Waals surface area contributed by atoms with E-state index in [1.807, 2.05) is 0 Å². The topological polar surface area (TPSA) is 86.7 Å². The summed E-state index contributed by atoms with van der Waals surface area (Å²) in [7, 11) is 0. The zero-order valence-electron chi connectivity index (χ0n) is 8.92. The summed E-state index contributed by atoms with van der Waals surface area (Å²) in [6.45, 7) is 0. The third kappa shape index (κ3) is 2.93. The molecule has 8 heteroatoms. The normalized spacial score (nSPS) is 11.6. The lowest BCUT2D eigenvalue weighted by atomic mass is 10.1. The molecule has 0 atom stereocenters. The lowest BCUT2D eigenvalue weighted by Gasteiger charge is -2.03. The molecule has 2 heterocycles. The largest absolute Gasteiger partial charge is 0.366 e. The molecule has 0 spiro atoms. The lowest BCUT2D eigenvalue weighted by molar-refractivity contribution is -0.112.